The molecular formula is C18H31N5O. The molecule has 6 heteroatoms. The molecule has 0 bridgehead atoms. The summed E-state index contributed by atoms with van der Waals surface area (Å²) >= 11 is 0. The highest BCUT2D eigenvalue weighted by Gasteiger charge is 2.30. The minimum Gasteiger partial charge on any atom is -0.393 e. The third-order valence-electron chi connectivity index (χ3n) is 6.00. The van der Waals surface area contributed by atoms with Crippen LogP contribution in [0.2, 0.25) is 0 Å². The van der Waals surface area contributed by atoms with Gasteiger partial charge in [0.05, 0.1) is 12.6 Å². The number of aliphatic hydroxyl groups is 1. The molecule has 4 rings (SSSR count). The summed E-state index contributed by atoms with van der Waals surface area (Å²) in [5, 5.41) is 18.7. The maximum absolute atomic E-state index is 9.65. The molecule has 1 aromatic rings. The van der Waals surface area contributed by atoms with E-state index in [0.717, 1.165) is 50.8 Å². The van der Waals surface area contributed by atoms with E-state index in [1.54, 1.807) is 0 Å². The van der Waals surface area contributed by atoms with Crippen LogP contribution in [0, 0.1) is 5.92 Å². The fourth-order valence-corrected chi connectivity index (χ4v) is 4.24. The average Bonchev–Trinajstić information content (AvgIpc) is 3.33. The zero-order valence-electron chi connectivity index (χ0n) is 14.9. The van der Waals surface area contributed by atoms with Gasteiger partial charge in [0, 0.05) is 39.1 Å². The van der Waals surface area contributed by atoms with Crippen LogP contribution in [-0.2, 0) is 13.6 Å². The predicted molar refractivity (Wildman–Crippen MR) is 92.7 cm³/mol. The lowest BCUT2D eigenvalue weighted by Crippen LogP contribution is -2.37. The van der Waals surface area contributed by atoms with Crippen LogP contribution in [0.25, 0.3) is 0 Å². The highest BCUT2D eigenvalue weighted by atomic mass is 16.3. The molecule has 3 aliphatic rings. The topological polar surface area (TPSA) is 57.4 Å². The predicted octanol–water partition coefficient (Wildman–Crippen LogP) is 1.36. The van der Waals surface area contributed by atoms with Gasteiger partial charge >= 0.3 is 0 Å². The van der Waals surface area contributed by atoms with E-state index in [2.05, 4.69) is 31.6 Å². The molecule has 6 nitrogen and oxygen atoms in total. The molecule has 2 aliphatic heterocycles. The number of nitrogens with zero attached hydrogens (tertiary/aromatic N) is 5. The Balaban J connectivity index is 1.37. The second kappa shape index (κ2) is 7.10. The first-order chi connectivity index (χ1) is 11.7. The van der Waals surface area contributed by atoms with Gasteiger partial charge in [-0.3, -0.25) is 4.90 Å². The summed E-state index contributed by atoms with van der Waals surface area (Å²) in [6.45, 7) is 6.47. The molecule has 134 valence electrons. The largest absolute Gasteiger partial charge is 0.393 e. The maximum atomic E-state index is 9.65. The van der Waals surface area contributed by atoms with Gasteiger partial charge in [0.15, 0.2) is 0 Å². The van der Waals surface area contributed by atoms with Crippen LogP contribution in [0.3, 0.4) is 0 Å². The number of likely N-dealkylation sites (tertiary alicyclic amines) is 2. The van der Waals surface area contributed by atoms with Crippen molar-refractivity contribution in [3.63, 3.8) is 0 Å². The Morgan fingerprint density at radius 3 is 2.54 bits per heavy atom. The highest BCUT2D eigenvalue weighted by molar-refractivity contribution is 5.04. The fourth-order valence-electron chi connectivity index (χ4n) is 4.24. The van der Waals surface area contributed by atoms with Crippen molar-refractivity contribution in [2.75, 3.05) is 32.7 Å². The Bertz CT molecular complexity index is 548. The Morgan fingerprint density at radius 1 is 1.00 bits per heavy atom. The first-order valence-corrected chi connectivity index (χ1v) is 9.70. The van der Waals surface area contributed by atoms with Crippen molar-refractivity contribution in [2.45, 2.75) is 57.1 Å². The van der Waals surface area contributed by atoms with Gasteiger partial charge < -0.3 is 14.6 Å². The van der Waals surface area contributed by atoms with Crippen molar-refractivity contribution in [1.29, 1.82) is 0 Å². The summed E-state index contributed by atoms with van der Waals surface area (Å²) in [7, 11) is 2.13. The molecule has 0 radical (unpaired) electrons. The molecule has 3 fully saturated rings. The number of piperidine rings is 2. The Labute approximate surface area is 144 Å². The minimum atomic E-state index is -0.115. The number of hydrogen-bond acceptors (Lipinski definition) is 5. The van der Waals surface area contributed by atoms with Crippen LogP contribution >= 0.6 is 0 Å². The van der Waals surface area contributed by atoms with Crippen molar-refractivity contribution < 1.29 is 5.11 Å². The van der Waals surface area contributed by atoms with E-state index >= 15 is 0 Å². The van der Waals surface area contributed by atoms with E-state index in [-0.39, 0.29) is 6.10 Å². The van der Waals surface area contributed by atoms with E-state index in [1.165, 1.54) is 44.6 Å². The number of rotatable bonds is 5. The summed E-state index contributed by atoms with van der Waals surface area (Å²) in [6.07, 6.45) is 7.02. The fraction of sp³-hybridized carbons (Fsp3) is 0.889. The lowest BCUT2D eigenvalue weighted by molar-refractivity contribution is 0.0775. The summed E-state index contributed by atoms with van der Waals surface area (Å²) in [4.78, 5) is 5.03. The highest BCUT2D eigenvalue weighted by Crippen LogP contribution is 2.33. The smallest absolute Gasteiger partial charge is 0.146 e. The number of aliphatic hydroxyl groups excluding tert-OH is 1. The van der Waals surface area contributed by atoms with Crippen molar-refractivity contribution >= 4 is 0 Å². The zero-order valence-corrected chi connectivity index (χ0v) is 14.9. The molecule has 24 heavy (non-hydrogen) atoms. The standard InChI is InChI=1S/C18H31N5O/c1-21-17(13-22-9-6-16(24)7-10-22)19-20-18(21)15-3-2-8-23(12-15)11-14-4-5-14/h14-16,24H,2-13H2,1H3. The molecule has 1 N–H and O–H groups in total. The second-order valence-corrected chi connectivity index (χ2v) is 8.08. The lowest BCUT2D eigenvalue weighted by atomic mass is 9.97. The van der Waals surface area contributed by atoms with Gasteiger partial charge in [-0.15, -0.1) is 10.2 Å². The van der Waals surface area contributed by atoms with E-state index < -0.39 is 0 Å². The maximum Gasteiger partial charge on any atom is 0.146 e. The molecule has 1 unspecified atom stereocenters. The van der Waals surface area contributed by atoms with Gasteiger partial charge in [-0.2, -0.15) is 0 Å². The minimum absolute atomic E-state index is 0.115. The van der Waals surface area contributed by atoms with Crippen LogP contribution in [0.1, 0.15) is 56.1 Å². The molecule has 2 saturated heterocycles. The molecule has 1 aromatic heterocycles. The third-order valence-corrected chi connectivity index (χ3v) is 6.00. The monoisotopic (exact) mass is 333 g/mol. The van der Waals surface area contributed by atoms with Gasteiger partial charge in [0.25, 0.3) is 0 Å². The summed E-state index contributed by atoms with van der Waals surface area (Å²) in [5.41, 5.74) is 0. The van der Waals surface area contributed by atoms with Crippen LogP contribution in [-0.4, -0.2) is 68.5 Å². The SMILES string of the molecule is Cn1c(CN2CCC(O)CC2)nnc1C1CCCN(CC2CC2)C1. The molecule has 0 amide bonds. The van der Waals surface area contributed by atoms with Crippen LogP contribution in [0.15, 0.2) is 0 Å². The Hall–Kier alpha value is -0.980. The van der Waals surface area contributed by atoms with Crippen LogP contribution < -0.4 is 0 Å². The lowest BCUT2D eigenvalue weighted by Gasteiger charge is -2.32. The quantitative estimate of drug-likeness (QED) is 0.882. The second-order valence-electron chi connectivity index (χ2n) is 8.08. The number of aromatic nitrogens is 3. The third kappa shape index (κ3) is 3.81. The summed E-state index contributed by atoms with van der Waals surface area (Å²) in [5.74, 6) is 3.74. The normalized spacial score (nSPS) is 27.7. The van der Waals surface area contributed by atoms with Crippen molar-refractivity contribution in [2.24, 2.45) is 13.0 Å². The van der Waals surface area contributed by atoms with Crippen LogP contribution in [0.5, 0.6) is 0 Å². The molecule has 1 aliphatic carbocycles. The van der Waals surface area contributed by atoms with E-state index in [9.17, 15) is 5.11 Å². The Kier molecular flexibility index (Phi) is 4.88. The molecule has 0 aromatic carbocycles. The molecule has 1 saturated carbocycles. The van der Waals surface area contributed by atoms with Gasteiger partial charge in [-0.05, 0) is 51.0 Å². The van der Waals surface area contributed by atoms with E-state index in [1.807, 2.05) is 0 Å². The first-order valence-electron chi connectivity index (χ1n) is 9.70. The van der Waals surface area contributed by atoms with Crippen molar-refractivity contribution in [3.05, 3.63) is 11.6 Å². The van der Waals surface area contributed by atoms with E-state index in [0.29, 0.717) is 5.92 Å². The van der Waals surface area contributed by atoms with Gasteiger partial charge in [0.2, 0.25) is 0 Å². The summed E-state index contributed by atoms with van der Waals surface area (Å²) < 4.78 is 2.23. The number of hydrogen-bond donors (Lipinski definition) is 1. The Morgan fingerprint density at radius 2 is 1.79 bits per heavy atom. The first kappa shape index (κ1) is 16.5. The van der Waals surface area contributed by atoms with E-state index in [4.69, 9.17) is 0 Å². The van der Waals surface area contributed by atoms with Crippen LogP contribution in [0.4, 0.5) is 0 Å². The zero-order chi connectivity index (χ0) is 16.5. The van der Waals surface area contributed by atoms with Gasteiger partial charge in [-0.1, -0.05) is 0 Å². The molecule has 0 spiro atoms. The van der Waals surface area contributed by atoms with Crippen molar-refractivity contribution in [3.8, 4) is 0 Å². The average molecular weight is 333 g/mol. The molecule has 1 atom stereocenters. The van der Waals surface area contributed by atoms with Gasteiger partial charge in [-0.25, -0.2) is 0 Å². The summed E-state index contributed by atoms with van der Waals surface area (Å²) in [6, 6.07) is 0. The van der Waals surface area contributed by atoms with Gasteiger partial charge in [0.1, 0.15) is 11.6 Å². The molecular weight excluding hydrogens is 302 g/mol. The van der Waals surface area contributed by atoms with Crippen molar-refractivity contribution in [1.82, 2.24) is 24.6 Å². The molecule has 3 heterocycles.